The minimum atomic E-state index is -4.47. The second kappa shape index (κ2) is 5.02. The van der Waals surface area contributed by atoms with Gasteiger partial charge in [0.2, 0.25) is 0 Å². The first-order valence-electron chi connectivity index (χ1n) is 6.84. The van der Waals surface area contributed by atoms with Crippen molar-refractivity contribution in [2.45, 2.75) is 51.8 Å². The molecule has 0 bridgehead atoms. The van der Waals surface area contributed by atoms with Gasteiger partial charge >= 0.3 is 6.18 Å². The third-order valence-electron chi connectivity index (χ3n) is 3.41. The molecule has 0 aliphatic heterocycles. The number of aliphatic hydroxyl groups is 1. The van der Waals surface area contributed by atoms with Crippen LogP contribution in [0.5, 0.6) is 0 Å². The molecule has 1 N–H and O–H groups in total. The fourth-order valence-corrected chi connectivity index (χ4v) is 2.37. The molecule has 2 aromatic heterocycles. The zero-order valence-corrected chi connectivity index (χ0v) is 12.5. The molecule has 1 atom stereocenters. The summed E-state index contributed by atoms with van der Waals surface area (Å²) in [4.78, 5) is 4.20. The van der Waals surface area contributed by atoms with Crippen molar-refractivity contribution in [3.05, 3.63) is 35.3 Å². The molecule has 0 spiro atoms. The number of aromatic nitrogens is 2. The van der Waals surface area contributed by atoms with E-state index in [1.165, 1.54) is 16.7 Å². The summed E-state index contributed by atoms with van der Waals surface area (Å²) < 4.78 is 40.7. The quantitative estimate of drug-likeness (QED) is 0.907. The third kappa shape index (κ3) is 2.77. The van der Waals surface area contributed by atoms with Crippen LogP contribution in [0.2, 0.25) is 0 Å². The number of fused-ring (bicyclic) bond motifs is 1. The first kappa shape index (κ1) is 15.8. The van der Waals surface area contributed by atoms with Crippen LogP contribution in [0.1, 0.15) is 57.2 Å². The van der Waals surface area contributed by atoms with E-state index in [1.807, 2.05) is 20.8 Å². The van der Waals surface area contributed by atoms with Gasteiger partial charge in [0.15, 0.2) is 0 Å². The molecular weight excluding hydrogens is 281 g/mol. The van der Waals surface area contributed by atoms with Crippen LogP contribution in [0.25, 0.3) is 5.65 Å². The molecule has 0 aliphatic rings. The topological polar surface area (TPSA) is 37.5 Å². The Bertz CT molecular complexity index is 653. The van der Waals surface area contributed by atoms with Crippen LogP contribution in [-0.4, -0.2) is 14.5 Å². The van der Waals surface area contributed by atoms with Gasteiger partial charge in [-0.1, -0.05) is 27.7 Å². The van der Waals surface area contributed by atoms with E-state index in [9.17, 15) is 18.3 Å². The number of alkyl halides is 3. The van der Waals surface area contributed by atoms with Crippen LogP contribution >= 0.6 is 0 Å². The maximum absolute atomic E-state index is 13.1. The summed E-state index contributed by atoms with van der Waals surface area (Å²) in [5, 5.41) is 10.2. The summed E-state index contributed by atoms with van der Waals surface area (Å²) in [7, 11) is 0. The van der Waals surface area contributed by atoms with Gasteiger partial charge in [-0.05, 0) is 18.6 Å². The van der Waals surface area contributed by atoms with E-state index in [-0.39, 0.29) is 5.65 Å². The molecule has 0 saturated heterocycles. The molecule has 0 fully saturated rings. The maximum Gasteiger partial charge on any atom is 0.419 e. The summed E-state index contributed by atoms with van der Waals surface area (Å²) in [5.41, 5.74) is -0.470. The van der Waals surface area contributed by atoms with Crippen LogP contribution in [0.3, 0.4) is 0 Å². The number of hydrogen-bond donors (Lipinski definition) is 1. The summed E-state index contributed by atoms with van der Waals surface area (Å²) >= 11 is 0. The van der Waals surface area contributed by atoms with Gasteiger partial charge in [0.1, 0.15) is 5.65 Å². The largest absolute Gasteiger partial charge is 0.419 e. The predicted octanol–water partition coefficient (Wildman–Crippen LogP) is 4.09. The van der Waals surface area contributed by atoms with Crippen molar-refractivity contribution in [2.75, 3.05) is 0 Å². The number of rotatable bonds is 2. The predicted molar refractivity (Wildman–Crippen MR) is 74.1 cm³/mol. The molecule has 21 heavy (non-hydrogen) atoms. The molecule has 1 unspecified atom stereocenters. The Hall–Kier alpha value is -1.56. The van der Waals surface area contributed by atoms with E-state index in [1.54, 1.807) is 6.92 Å². The number of imidazole rings is 1. The number of hydrogen-bond acceptors (Lipinski definition) is 2. The summed E-state index contributed by atoms with van der Waals surface area (Å²) in [5.74, 6) is 0. The molecule has 2 heterocycles. The first-order valence-corrected chi connectivity index (χ1v) is 6.84. The van der Waals surface area contributed by atoms with Crippen LogP contribution in [0.4, 0.5) is 13.2 Å². The van der Waals surface area contributed by atoms with Gasteiger partial charge in [-0.25, -0.2) is 4.98 Å². The molecular formula is C15H19F3N2O. The Kier molecular flexibility index (Phi) is 3.78. The van der Waals surface area contributed by atoms with E-state index >= 15 is 0 Å². The molecule has 3 nitrogen and oxygen atoms in total. The minimum Gasteiger partial charge on any atom is -0.387 e. The van der Waals surface area contributed by atoms with Crippen LogP contribution in [0.15, 0.2) is 18.3 Å². The van der Waals surface area contributed by atoms with Crippen LogP contribution in [-0.2, 0) is 11.6 Å². The molecule has 0 amide bonds. The number of aliphatic hydroxyl groups excluding tert-OH is 1. The second-order valence-corrected chi connectivity index (χ2v) is 6.13. The first-order chi connectivity index (χ1) is 9.57. The molecule has 0 aliphatic carbocycles. The number of halogens is 3. The Morgan fingerprint density at radius 1 is 1.29 bits per heavy atom. The Balaban J connectivity index is 2.86. The van der Waals surface area contributed by atoms with E-state index in [2.05, 4.69) is 4.98 Å². The highest BCUT2D eigenvalue weighted by Gasteiger charge is 2.36. The smallest absolute Gasteiger partial charge is 0.387 e. The molecule has 6 heteroatoms. The molecule has 0 aromatic carbocycles. The maximum atomic E-state index is 13.1. The van der Waals surface area contributed by atoms with Crippen molar-refractivity contribution < 1.29 is 18.3 Å². The highest BCUT2D eigenvalue weighted by Crippen LogP contribution is 2.37. The van der Waals surface area contributed by atoms with E-state index < -0.39 is 23.3 Å². The molecule has 0 saturated carbocycles. The third-order valence-corrected chi connectivity index (χ3v) is 3.41. The summed E-state index contributed by atoms with van der Waals surface area (Å²) in [6.07, 6.45) is -3.40. The van der Waals surface area contributed by atoms with Crippen molar-refractivity contribution in [3.63, 3.8) is 0 Å². The lowest BCUT2D eigenvalue weighted by Crippen LogP contribution is -2.16. The van der Waals surface area contributed by atoms with Crippen molar-refractivity contribution in [1.29, 1.82) is 0 Å². The van der Waals surface area contributed by atoms with Gasteiger partial charge in [-0.2, -0.15) is 13.2 Å². The Morgan fingerprint density at radius 2 is 1.90 bits per heavy atom. The van der Waals surface area contributed by atoms with Gasteiger partial charge in [0.05, 0.1) is 23.1 Å². The summed E-state index contributed by atoms with van der Waals surface area (Å²) in [6, 6.07) is 2.34. The van der Waals surface area contributed by atoms with Crippen molar-refractivity contribution in [2.24, 2.45) is 0 Å². The monoisotopic (exact) mass is 300 g/mol. The van der Waals surface area contributed by atoms with Gasteiger partial charge in [-0.15, -0.1) is 0 Å². The Morgan fingerprint density at radius 3 is 2.38 bits per heavy atom. The van der Waals surface area contributed by atoms with E-state index in [4.69, 9.17) is 0 Å². The average molecular weight is 300 g/mol. The highest BCUT2D eigenvalue weighted by atomic mass is 19.4. The van der Waals surface area contributed by atoms with Gasteiger partial charge in [-0.3, -0.25) is 0 Å². The lowest BCUT2D eigenvalue weighted by molar-refractivity contribution is -0.136. The standard InChI is InChI=1S/C15H19F3N2O/c1-5-10(21)11-12(14(2,3)4)19-13-9(15(16,17)18)7-6-8-20(11)13/h6-8,10,21H,5H2,1-4H3. The second-order valence-electron chi connectivity index (χ2n) is 6.13. The van der Waals surface area contributed by atoms with Gasteiger partial charge < -0.3 is 9.51 Å². The number of nitrogens with zero attached hydrogens (tertiary/aromatic N) is 2. The summed E-state index contributed by atoms with van der Waals surface area (Å²) in [6.45, 7) is 7.39. The van der Waals surface area contributed by atoms with Gasteiger partial charge in [0.25, 0.3) is 0 Å². The molecule has 2 aromatic rings. The average Bonchev–Trinajstić information content (AvgIpc) is 2.75. The lowest BCUT2D eigenvalue weighted by Gasteiger charge is -2.20. The van der Waals surface area contributed by atoms with Crippen LogP contribution < -0.4 is 0 Å². The zero-order chi connectivity index (χ0) is 16.0. The van der Waals surface area contributed by atoms with Crippen LogP contribution in [0, 0.1) is 0 Å². The lowest BCUT2D eigenvalue weighted by atomic mass is 9.89. The molecule has 2 rings (SSSR count). The van der Waals surface area contributed by atoms with Gasteiger partial charge in [0, 0.05) is 11.6 Å². The highest BCUT2D eigenvalue weighted by molar-refractivity contribution is 5.54. The molecule has 116 valence electrons. The molecule has 0 radical (unpaired) electrons. The Labute approximate surface area is 121 Å². The SMILES string of the molecule is CCC(O)c1c(C(C)(C)C)nc2c(C(F)(F)F)cccn12. The minimum absolute atomic E-state index is 0.155. The van der Waals surface area contributed by atoms with Crippen molar-refractivity contribution in [1.82, 2.24) is 9.38 Å². The van der Waals surface area contributed by atoms with E-state index in [0.717, 1.165) is 6.07 Å². The normalized spacial score (nSPS) is 14.7. The fraction of sp³-hybridized carbons (Fsp3) is 0.533. The van der Waals surface area contributed by atoms with Crippen molar-refractivity contribution >= 4 is 5.65 Å². The number of pyridine rings is 1. The zero-order valence-electron chi connectivity index (χ0n) is 12.5. The van der Waals surface area contributed by atoms with E-state index in [0.29, 0.717) is 17.8 Å². The van der Waals surface area contributed by atoms with Crippen molar-refractivity contribution in [3.8, 4) is 0 Å². The fourth-order valence-electron chi connectivity index (χ4n) is 2.37.